The first-order chi connectivity index (χ1) is 10.8. The minimum Gasteiger partial charge on any atom is -0.497 e. The third-order valence-electron chi connectivity index (χ3n) is 3.08. The zero-order valence-electron chi connectivity index (χ0n) is 12.0. The summed E-state index contributed by atoms with van der Waals surface area (Å²) in [6.07, 6.45) is 1.71. The van der Waals surface area contributed by atoms with Crippen LogP contribution in [0.25, 0.3) is 0 Å². The predicted molar refractivity (Wildman–Crippen MR) is 85.1 cm³/mol. The van der Waals surface area contributed by atoms with E-state index in [1.54, 1.807) is 18.7 Å². The van der Waals surface area contributed by atoms with E-state index in [9.17, 15) is 4.79 Å². The topological polar surface area (TPSA) is 72.0 Å². The number of ether oxygens (including phenoxy) is 2. The molecule has 1 aromatic rings. The van der Waals surface area contributed by atoms with E-state index in [0.717, 1.165) is 22.0 Å². The fourth-order valence-electron chi connectivity index (χ4n) is 1.98. The SMILES string of the molecule is COc1cccc(COC(=O)C2=CSC3=C(C=NCN3)N2)c1. The molecule has 1 aromatic carbocycles. The lowest BCUT2D eigenvalue weighted by Crippen LogP contribution is -2.31. The summed E-state index contributed by atoms with van der Waals surface area (Å²) in [5.41, 5.74) is 2.06. The van der Waals surface area contributed by atoms with Crippen molar-refractivity contribution >= 4 is 23.9 Å². The summed E-state index contributed by atoms with van der Waals surface area (Å²) >= 11 is 1.44. The number of hydrogen-bond acceptors (Lipinski definition) is 7. The highest BCUT2D eigenvalue weighted by molar-refractivity contribution is 8.05. The second-order valence-corrected chi connectivity index (χ2v) is 5.47. The van der Waals surface area contributed by atoms with Gasteiger partial charge in [0, 0.05) is 11.6 Å². The first kappa shape index (κ1) is 14.5. The van der Waals surface area contributed by atoms with Gasteiger partial charge in [-0.1, -0.05) is 23.9 Å². The number of thioether (sulfide) groups is 1. The molecule has 0 spiro atoms. The molecule has 0 fully saturated rings. The monoisotopic (exact) mass is 317 g/mol. The molecular weight excluding hydrogens is 302 g/mol. The van der Waals surface area contributed by atoms with Crippen LogP contribution in [0.4, 0.5) is 0 Å². The van der Waals surface area contributed by atoms with Crippen LogP contribution in [0.5, 0.6) is 5.75 Å². The Kier molecular flexibility index (Phi) is 4.34. The lowest BCUT2D eigenvalue weighted by Gasteiger charge is -2.22. The maximum Gasteiger partial charge on any atom is 0.355 e. The molecule has 2 aliphatic rings. The van der Waals surface area contributed by atoms with Gasteiger partial charge in [-0.15, -0.1) is 0 Å². The molecule has 0 radical (unpaired) electrons. The molecule has 2 heterocycles. The van der Waals surface area contributed by atoms with E-state index in [1.165, 1.54) is 11.8 Å². The number of nitrogens with one attached hydrogen (secondary N) is 2. The highest BCUT2D eigenvalue weighted by atomic mass is 32.2. The van der Waals surface area contributed by atoms with Crippen LogP contribution in [0, 0.1) is 0 Å². The van der Waals surface area contributed by atoms with Crippen LogP contribution in [0.3, 0.4) is 0 Å². The number of carbonyl (C=O) groups excluding carboxylic acids is 1. The van der Waals surface area contributed by atoms with Gasteiger partial charge in [0.05, 0.1) is 17.8 Å². The Balaban J connectivity index is 1.58. The van der Waals surface area contributed by atoms with E-state index >= 15 is 0 Å². The molecule has 0 amide bonds. The molecular formula is C15H15N3O3S. The maximum atomic E-state index is 12.1. The average molecular weight is 317 g/mol. The van der Waals surface area contributed by atoms with E-state index in [-0.39, 0.29) is 6.61 Å². The summed E-state index contributed by atoms with van der Waals surface area (Å²) in [6, 6.07) is 7.42. The smallest absolute Gasteiger partial charge is 0.355 e. The summed E-state index contributed by atoms with van der Waals surface area (Å²) in [5, 5.41) is 8.84. The van der Waals surface area contributed by atoms with Crippen LogP contribution >= 0.6 is 11.8 Å². The second kappa shape index (κ2) is 6.57. The maximum absolute atomic E-state index is 12.1. The molecule has 3 rings (SSSR count). The minimum absolute atomic E-state index is 0.192. The Bertz CT molecular complexity index is 682. The molecule has 0 saturated carbocycles. The van der Waals surface area contributed by atoms with E-state index < -0.39 is 5.97 Å². The Hall–Kier alpha value is -2.41. The quantitative estimate of drug-likeness (QED) is 0.824. The van der Waals surface area contributed by atoms with Crippen molar-refractivity contribution < 1.29 is 14.3 Å². The normalized spacial score (nSPS) is 16.1. The molecule has 2 N–H and O–H groups in total. The van der Waals surface area contributed by atoms with Crippen molar-refractivity contribution in [2.24, 2.45) is 4.99 Å². The molecule has 0 aliphatic carbocycles. The third kappa shape index (κ3) is 3.25. The van der Waals surface area contributed by atoms with Gasteiger partial charge in [-0.2, -0.15) is 0 Å². The van der Waals surface area contributed by atoms with Crippen molar-refractivity contribution in [2.45, 2.75) is 6.61 Å². The van der Waals surface area contributed by atoms with Crippen molar-refractivity contribution in [1.29, 1.82) is 0 Å². The van der Waals surface area contributed by atoms with Crippen LogP contribution in [0.2, 0.25) is 0 Å². The number of rotatable bonds is 4. The van der Waals surface area contributed by atoms with Crippen molar-refractivity contribution in [2.75, 3.05) is 13.8 Å². The molecule has 7 heteroatoms. The summed E-state index contributed by atoms with van der Waals surface area (Å²) in [7, 11) is 1.60. The summed E-state index contributed by atoms with van der Waals surface area (Å²) in [6.45, 7) is 0.745. The fraction of sp³-hybridized carbons (Fsp3) is 0.200. The molecule has 6 nitrogen and oxygen atoms in total. The van der Waals surface area contributed by atoms with Crippen molar-refractivity contribution in [3.63, 3.8) is 0 Å². The van der Waals surface area contributed by atoms with Gasteiger partial charge >= 0.3 is 5.97 Å². The van der Waals surface area contributed by atoms with Gasteiger partial charge in [0.25, 0.3) is 0 Å². The van der Waals surface area contributed by atoms with E-state index in [0.29, 0.717) is 12.4 Å². The number of nitrogens with zero attached hydrogens (tertiary/aromatic N) is 1. The molecule has 22 heavy (non-hydrogen) atoms. The molecule has 0 atom stereocenters. The van der Waals surface area contributed by atoms with Crippen LogP contribution in [0.15, 0.2) is 51.1 Å². The predicted octanol–water partition coefficient (Wildman–Crippen LogP) is 1.72. The van der Waals surface area contributed by atoms with Crippen LogP contribution in [-0.4, -0.2) is 26.0 Å². The van der Waals surface area contributed by atoms with E-state index in [2.05, 4.69) is 15.6 Å². The van der Waals surface area contributed by atoms with Gasteiger partial charge in [0.15, 0.2) is 0 Å². The summed E-state index contributed by atoms with van der Waals surface area (Å²) in [4.78, 5) is 16.2. The van der Waals surface area contributed by atoms with Gasteiger partial charge in [-0.25, -0.2) is 4.79 Å². The van der Waals surface area contributed by atoms with Crippen LogP contribution in [0.1, 0.15) is 5.56 Å². The molecule has 0 saturated heterocycles. The number of esters is 1. The van der Waals surface area contributed by atoms with Gasteiger partial charge in [0.1, 0.15) is 24.7 Å². The van der Waals surface area contributed by atoms with Gasteiger partial charge in [-0.3, -0.25) is 4.99 Å². The fourth-order valence-corrected chi connectivity index (χ4v) is 2.75. The zero-order valence-corrected chi connectivity index (χ0v) is 12.8. The third-order valence-corrected chi connectivity index (χ3v) is 4.04. The number of hydrogen-bond donors (Lipinski definition) is 2. The summed E-state index contributed by atoms with van der Waals surface area (Å²) < 4.78 is 10.5. The lowest BCUT2D eigenvalue weighted by molar-refractivity contribution is -0.140. The number of carbonyl (C=O) groups is 1. The van der Waals surface area contributed by atoms with Crippen molar-refractivity contribution in [1.82, 2.24) is 10.6 Å². The number of methoxy groups -OCH3 is 1. The van der Waals surface area contributed by atoms with Gasteiger partial charge in [-0.05, 0) is 17.7 Å². The van der Waals surface area contributed by atoms with Gasteiger partial charge in [0.2, 0.25) is 0 Å². The molecule has 114 valence electrons. The van der Waals surface area contributed by atoms with Crippen molar-refractivity contribution in [3.8, 4) is 5.75 Å². The minimum atomic E-state index is -0.402. The largest absolute Gasteiger partial charge is 0.497 e. The standard InChI is InChI=1S/C15H15N3O3S/c1-20-11-4-2-3-10(5-11)7-21-15(19)13-8-22-14-12(18-13)6-16-9-17-14/h2-6,8,17-18H,7,9H2,1H3. The van der Waals surface area contributed by atoms with E-state index in [4.69, 9.17) is 9.47 Å². The van der Waals surface area contributed by atoms with Crippen LogP contribution < -0.4 is 15.4 Å². The van der Waals surface area contributed by atoms with Crippen LogP contribution in [-0.2, 0) is 16.1 Å². The Morgan fingerprint density at radius 3 is 3.23 bits per heavy atom. The number of benzene rings is 1. The Morgan fingerprint density at radius 1 is 1.45 bits per heavy atom. The van der Waals surface area contributed by atoms with E-state index in [1.807, 2.05) is 24.3 Å². The number of allylic oxidation sites excluding steroid dienone is 1. The molecule has 2 aliphatic heterocycles. The first-order valence-electron chi connectivity index (χ1n) is 6.68. The molecule has 0 unspecified atom stereocenters. The van der Waals surface area contributed by atoms with Crippen molar-refractivity contribution in [3.05, 3.63) is 51.7 Å². The zero-order chi connectivity index (χ0) is 15.4. The average Bonchev–Trinajstić information content (AvgIpc) is 2.59. The summed E-state index contributed by atoms with van der Waals surface area (Å²) in [5.74, 6) is 0.333. The molecule has 0 bridgehead atoms. The second-order valence-electron chi connectivity index (χ2n) is 4.59. The first-order valence-corrected chi connectivity index (χ1v) is 7.56. The highest BCUT2D eigenvalue weighted by Gasteiger charge is 2.20. The molecule has 0 aromatic heterocycles. The Labute approximate surface area is 132 Å². The highest BCUT2D eigenvalue weighted by Crippen LogP contribution is 2.25. The lowest BCUT2D eigenvalue weighted by atomic mass is 10.2. The van der Waals surface area contributed by atoms with Gasteiger partial charge < -0.3 is 20.1 Å². The number of aliphatic imine (C=N–C) groups is 1. The Morgan fingerprint density at radius 2 is 2.36 bits per heavy atom.